The number of anilines is 2. The van der Waals surface area contributed by atoms with Gasteiger partial charge in [0.15, 0.2) is 11.6 Å². The van der Waals surface area contributed by atoms with Crippen molar-refractivity contribution in [1.82, 2.24) is 0 Å². The van der Waals surface area contributed by atoms with Gasteiger partial charge in [0.25, 0.3) is 10.0 Å². The maximum Gasteiger partial charge on any atom is 0.412 e. The Kier molecular flexibility index (Phi) is 6.66. The van der Waals surface area contributed by atoms with Crippen molar-refractivity contribution in [2.75, 3.05) is 29.8 Å². The van der Waals surface area contributed by atoms with Crippen molar-refractivity contribution in [3.05, 3.63) is 47.8 Å². The van der Waals surface area contributed by atoms with Crippen LogP contribution in [0.15, 0.2) is 41.3 Å². The van der Waals surface area contributed by atoms with Gasteiger partial charge in [-0.25, -0.2) is 17.6 Å². The minimum absolute atomic E-state index is 0.0933. The molecule has 3 rings (SSSR count). The first-order chi connectivity index (χ1) is 14.9. The fourth-order valence-electron chi connectivity index (χ4n) is 3.49. The highest BCUT2D eigenvalue weighted by Gasteiger charge is 2.34. The Bertz CT molecular complexity index is 1120. The van der Waals surface area contributed by atoms with Crippen LogP contribution in [0.25, 0.3) is 0 Å². The molecule has 0 unspecified atom stereocenters. The lowest BCUT2D eigenvalue weighted by Crippen LogP contribution is -2.42. The van der Waals surface area contributed by atoms with Crippen LogP contribution in [0.3, 0.4) is 0 Å². The number of amides is 1. The summed E-state index contributed by atoms with van der Waals surface area (Å²) in [5, 5.41) is 2.63. The molecule has 0 spiro atoms. The lowest BCUT2D eigenvalue weighted by atomic mass is 9.94. The Labute approximate surface area is 187 Å². The monoisotopic (exact) mass is 465 g/mol. The zero-order valence-corrected chi connectivity index (χ0v) is 19.3. The average Bonchev–Trinajstić information content (AvgIpc) is 2.71. The summed E-state index contributed by atoms with van der Waals surface area (Å²) in [5.74, 6) is -0.919. The van der Waals surface area contributed by atoms with Crippen LogP contribution in [0.1, 0.15) is 26.3 Å². The Morgan fingerprint density at radius 2 is 1.97 bits per heavy atom. The van der Waals surface area contributed by atoms with Gasteiger partial charge in [-0.1, -0.05) is 6.07 Å². The Morgan fingerprint density at radius 1 is 1.25 bits per heavy atom. The zero-order chi connectivity index (χ0) is 23.7. The number of sulfonamides is 1. The van der Waals surface area contributed by atoms with Gasteiger partial charge in [-0.15, -0.1) is 0 Å². The van der Waals surface area contributed by atoms with Crippen LogP contribution in [-0.4, -0.2) is 40.3 Å². The number of nitrogens with two attached hydrogens (primary N) is 1. The van der Waals surface area contributed by atoms with E-state index in [1.807, 2.05) is 0 Å². The molecule has 1 aliphatic rings. The first-order valence-corrected chi connectivity index (χ1v) is 11.6. The second-order valence-electron chi connectivity index (χ2n) is 8.61. The molecule has 0 aromatic heterocycles. The second-order valence-corrected chi connectivity index (χ2v) is 10.5. The summed E-state index contributed by atoms with van der Waals surface area (Å²) in [6, 6.07) is 8.44. The van der Waals surface area contributed by atoms with E-state index in [-0.39, 0.29) is 23.1 Å². The third kappa shape index (κ3) is 5.13. The summed E-state index contributed by atoms with van der Waals surface area (Å²) in [6.07, 6.45) is -0.0529. The Morgan fingerprint density at radius 3 is 2.59 bits per heavy atom. The smallest absolute Gasteiger partial charge is 0.412 e. The normalized spacial score (nSPS) is 16.3. The van der Waals surface area contributed by atoms with Crippen LogP contribution in [0.2, 0.25) is 0 Å². The Balaban J connectivity index is 2.01. The topological polar surface area (TPSA) is 111 Å². The van der Waals surface area contributed by atoms with Crippen LogP contribution in [-0.2, 0) is 21.2 Å². The minimum Gasteiger partial charge on any atom is -0.494 e. The summed E-state index contributed by atoms with van der Waals surface area (Å²) in [7, 11) is -2.79. The molecular weight excluding hydrogens is 437 g/mol. The van der Waals surface area contributed by atoms with Gasteiger partial charge in [-0.3, -0.25) is 9.62 Å². The van der Waals surface area contributed by atoms with Gasteiger partial charge in [0.2, 0.25) is 0 Å². The molecule has 2 aromatic rings. The van der Waals surface area contributed by atoms with Crippen molar-refractivity contribution in [3.63, 3.8) is 0 Å². The fraction of sp³-hybridized carbons (Fsp3) is 0.409. The molecule has 10 heteroatoms. The maximum atomic E-state index is 13.8. The maximum absolute atomic E-state index is 13.8. The Hall–Kier alpha value is -2.85. The van der Waals surface area contributed by atoms with E-state index in [0.29, 0.717) is 24.3 Å². The summed E-state index contributed by atoms with van der Waals surface area (Å²) < 4.78 is 52.3. The van der Waals surface area contributed by atoms with Crippen molar-refractivity contribution in [1.29, 1.82) is 0 Å². The average molecular weight is 466 g/mol. The molecule has 1 heterocycles. The SMILES string of the molecule is COc1cc(S(=O)(=O)N2C[C@H](CN)Cc3ccc(NC(=O)OC(C)(C)C)cc32)ccc1F. The van der Waals surface area contributed by atoms with Gasteiger partial charge >= 0.3 is 6.09 Å². The highest BCUT2D eigenvalue weighted by atomic mass is 32.2. The highest BCUT2D eigenvalue weighted by Crippen LogP contribution is 2.36. The number of carbonyl (C=O) groups excluding carboxylic acids is 1. The van der Waals surface area contributed by atoms with Crippen LogP contribution in [0, 0.1) is 11.7 Å². The van der Waals surface area contributed by atoms with Crippen molar-refractivity contribution >= 4 is 27.5 Å². The van der Waals surface area contributed by atoms with Crippen LogP contribution < -0.4 is 20.1 Å². The van der Waals surface area contributed by atoms with E-state index in [2.05, 4.69) is 5.32 Å². The van der Waals surface area contributed by atoms with E-state index in [4.69, 9.17) is 15.2 Å². The van der Waals surface area contributed by atoms with Crippen molar-refractivity contribution in [3.8, 4) is 5.75 Å². The number of carbonyl (C=O) groups is 1. The lowest BCUT2D eigenvalue weighted by molar-refractivity contribution is 0.0636. The number of halogens is 1. The molecule has 0 fully saturated rings. The number of hydrogen-bond acceptors (Lipinski definition) is 6. The van der Waals surface area contributed by atoms with Crippen LogP contribution >= 0.6 is 0 Å². The van der Waals surface area contributed by atoms with Crippen molar-refractivity contribution in [2.24, 2.45) is 11.7 Å². The summed E-state index contributed by atoms with van der Waals surface area (Å²) in [4.78, 5) is 12.1. The third-order valence-electron chi connectivity index (χ3n) is 4.98. The minimum atomic E-state index is -4.05. The lowest BCUT2D eigenvalue weighted by Gasteiger charge is -2.35. The zero-order valence-electron chi connectivity index (χ0n) is 18.5. The fourth-order valence-corrected chi connectivity index (χ4v) is 5.08. The molecule has 0 aliphatic carbocycles. The van der Waals surface area contributed by atoms with E-state index in [9.17, 15) is 17.6 Å². The van der Waals surface area contributed by atoms with Crippen LogP contribution in [0.5, 0.6) is 5.75 Å². The number of benzene rings is 2. The summed E-state index contributed by atoms with van der Waals surface area (Å²) >= 11 is 0. The molecule has 174 valence electrons. The van der Waals surface area contributed by atoms with E-state index >= 15 is 0 Å². The van der Waals surface area contributed by atoms with Gasteiger partial charge in [0, 0.05) is 18.3 Å². The number of nitrogens with one attached hydrogen (secondary N) is 1. The van der Waals surface area contributed by atoms with E-state index < -0.39 is 27.5 Å². The van der Waals surface area contributed by atoms with Gasteiger partial charge in [0.05, 0.1) is 17.7 Å². The van der Waals surface area contributed by atoms with Crippen molar-refractivity contribution < 1.29 is 27.1 Å². The molecule has 32 heavy (non-hydrogen) atoms. The van der Waals surface area contributed by atoms with Gasteiger partial charge < -0.3 is 15.2 Å². The number of rotatable bonds is 5. The van der Waals surface area contributed by atoms with Gasteiger partial charge in [0.1, 0.15) is 5.60 Å². The predicted molar refractivity (Wildman–Crippen MR) is 120 cm³/mol. The number of methoxy groups -OCH3 is 1. The largest absolute Gasteiger partial charge is 0.494 e. The molecule has 1 atom stereocenters. The molecule has 0 saturated carbocycles. The quantitative estimate of drug-likeness (QED) is 0.699. The molecule has 0 radical (unpaired) electrons. The highest BCUT2D eigenvalue weighted by molar-refractivity contribution is 7.92. The molecule has 1 amide bonds. The number of ether oxygens (including phenoxy) is 2. The van der Waals surface area contributed by atoms with Crippen molar-refractivity contribution in [2.45, 2.75) is 37.7 Å². The number of nitrogens with zero attached hydrogens (tertiary/aromatic N) is 1. The summed E-state index contributed by atoms with van der Waals surface area (Å²) in [5.41, 5.74) is 6.77. The summed E-state index contributed by atoms with van der Waals surface area (Å²) in [6.45, 7) is 5.70. The van der Waals surface area contributed by atoms with E-state index in [0.717, 1.165) is 17.7 Å². The number of hydrogen-bond donors (Lipinski definition) is 2. The molecule has 3 N–H and O–H groups in total. The van der Waals surface area contributed by atoms with E-state index in [1.165, 1.54) is 17.5 Å². The van der Waals surface area contributed by atoms with Gasteiger partial charge in [-0.05, 0) is 69.5 Å². The standard InChI is InChI=1S/C22H28FN3O5S/c1-22(2,3)31-21(27)25-16-6-5-15-9-14(12-24)13-26(19(15)10-16)32(28,29)17-7-8-18(23)20(11-17)30-4/h5-8,10-11,14H,9,12-13,24H2,1-4H3,(H,25,27)/t14-/m0/s1. The molecule has 0 bridgehead atoms. The molecule has 8 nitrogen and oxygen atoms in total. The van der Waals surface area contributed by atoms with Crippen LogP contribution in [0.4, 0.5) is 20.6 Å². The second kappa shape index (κ2) is 8.95. The molecule has 0 saturated heterocycles. The van der Waals surface area contributed by atoms with Gasteiger partial charge in [-0.2, -0.15) is 0 Å². The number of fused-ring (bicyclic) bond motifs is 1. The first kappa shape index (κ1) is 23.8. The molecule has 1 aliphatic heterocycles. The molecule has 2 aromatic carbocycles. The first-order valence-electron chi connectivity index (χ1n) is 10.1. The molecular formula is C22H28FN3O5S. The predicted octanol–water partition coefficient (Wildman–Crippen LogP) is 3.51. The third-order valence-corrected chi connectivity index (χ3v) is 6.75. The van der Waals surface area contributed by atoms with E-state index in [1.54, 1.807) is 39.0 Å².